The Bertz CT molecular complexity index is 336. The second-order valence-corrected chi connectivity index (χ2v) is 8.92. The summed E-state index contributed by atoms with van der Waals surface area (Å²) in [5.41, 5.74) is -0.491. The molecule has 0 rings (SSSR count). The summed E-state index contributed by atoms with van der Waals surface area (Å²) >= 11 is 0. The van der Waals surface area contributed by atoms with Gasteiger partial charge in [-0.05, 0) is 12.8 Å². The highest BCUT2D eigenvalue weighted by molar-refractivity contribution is 7.89. The van der Waals surface area contributed by atoms with Crippen LogP contribution in [0.3, 0.4) is 0 Å². The van der Waals surface area contributed by atoms with Gasteiger partial charge in [0.15, 0.2) is 11.0 Å². The van der Waals surface area contributed by atoms with Gasteiger partial charge in [-0.3, -0.25) is 9.59 Å². The molecule has 0 radical (unpaired) electrons. The molecular weight excluding hydrogens is 339 g/mol. The Morgan fingerprint density at radius 1 is 0.760 bits per heavy atom. The molecule has 148 valence electrons. The first-order valence-electron chi connectivity index (χ1n) is 9.81. The molecule has 0 heterocycles. The fourth-order valence-electron chi connectivity index (χ4n) is 2.70. The van der Waals surface area contributed by atoms with Crippen molar-refractivity contribution >= 4 is 19.0 Å². The molecule has 0 aromatic heterocycles. The summed E-state index contributed by atoms with van der Waals surface area (Å²) in [5.74, 6) is -1.45. The van der Waals surface area contributed by atoms with Crippen LogP contribution in [0.5, 0.6) is 0 Å². The van der Waals surface area contributed by atoms with Crippen LogP contribution in [0.15, 0.2) is 0 Å². The van der Waals surface area contributed by atoms with Gasteiger partial charge in [-0.15, -0.1) is 0 Å². The van der Waals surface area contributed by atoms with Gasteiger partial charge in [0.1, 0.15) is 11.9 Å². The van der Waals surface area contributed by atoms with E-state index in [4.69, 9.17) is 5.11 Å². The quantitative estimate of drug-likeness (QED) is 0.264. The van der Waals surface area contributed by atoms with Crippen molar-refractivity contribution < 1.29 is 24.9 Å². The third-order valence-electron chi connectivity index (χ3n) is 4.32. The van der Waals surface area contributed by atoms with Gasteiger partial charge >= 0.3 is 0 Å². The van der Waals surface area contributed by atoms with E-state index >= 15 is 0 Å². The lowest BCUT2D eigenvalue weighted by molar-refractivity contribution is -0.115. The molecule has 2 unspecified atom stereocenters. The van der Waals surface area contributed by atoms with Crippen molar-refractivity contribution in [2.24, 2.45) is 0 Å². The molecule has 0 saturated carbocycles. The zero-order valence-electron chi connectivity index (χ0n) is 16.0. The summed E-state index contributed by atoms with van der Waals surface area (Å²) in [4.78, 5) is 24.9. The number of carbonyl (C=O) groups is 2. The summed E-state index contributed by atoms with van der Waals surface area (Å²) in [7, 11) is -1.97. The predicted octanol–water partition coefficient (Wildman–Crippen LogP) is 3.91. The van der Waals surface area contributed by atoms with Gasteiger partial charge in [-0.25, -0.2) is 0 Å². The van der Waals surface area contributed by atoms with Gasteiger partial charge in [-0.1, -0.05) is 65.2 Å². The molecule has 0 aromatic carbocycles. The summed E-state index contributed by atoms with van der Waals surface area (Å²) < 4.78 is 0. The minimum absolute atomic E-state index is 0.245. The molecule has 5 nitrogen and oxygen atoms in total. The fraction of sp³-hybridized carbons (Fsp3) is 0.895. The molecule has 0 saturated heterocycles. The van der Waals surface area contributed by atoms with Crippen molar-refractivity contribution in [1.82, 2.24) is 0 Å². The topological polar surface area (TPSA) is 94.8 Å². The van der Waals surface area contributed by atoms with Crippen LogP contribution in [-0.2, 0) is 9.59 Å². The Hall–Kier alpha value is -0.350. The minimum Gasteiger partial charge on any atom is -0.394 e. The molecule has 0 aliphatic heterocycles. The second-order valence-electron chi connectivity index (χ2n) is 6.65. The zero-order valence-corrected chi connectivity index (χ0v) is 16.8. The standard InChI is InChI=1S/C19H37O5P/c1-3-5-7-9-11-13-17(22)25(19(24)16(21)15-20)18(23)14-12-10-8-6-4-2/h16,19-21,24H,3-15H2,1-2H3. The minimum atomic E-state index is -1.97. The molecule has 0 aliphatic carbocycles. The molecule has 3 N–H and O–H groups in total. The monoisotopic (exact) mass is 376 g/mol. The largest absolute Gasteiger partial charge is 0.394 e. The first-order valence-corrected chi connectivity index (χ1v) is 11.2. The molecule has 0 aliphatic rings. The highest BCUT2D eigenvalue weighted by Crippen LogP contribution is 2.46. The first kappa shape index (κ1) is 24.7. The Morgan fingerprint density at radius 2 is 1.16 bits per heavy atom. The Kier molecular flexibility index (Phi) is 15.6. The maximum Gasteiger partial charge on any atom is 0.164 e. The summed E-state index contributed by atoms with van der Waals surface area (Å²) in [5, 5.41) is 28.9. The molecule has 0 aromatic rings. The van der Waals surface area contributed by atoms with Crippen molar-refractivity contribution in [3.63, 3.8) is 0 Å². The van der Waals surface area contributed by atoms with Crippen molar-refractivity contribution in [2.75, 3.05) is 6.61 Å². The van der Waals surface area contributed by atoms with E-state index in [1.807, 2.05) is 0 Å². The van der Waals surface area contributed by atoms with Crippen LogP contribution in [0.4, 0.5) is 0 Å². The lowest BCUT2D eigenvalue weighted by atomic mass is 10.1. The van der Waals surface area contributed by atoms with E-state index in [9.17, 15) is 19.8 Å². The Balaban J connectivity index is 4.57. The van der Waals surface area contributed by atoms with Gasteiger partial charge in [0.2, 0.25) is 0 Å². The first-order chi connectivity index (χ1) is 12.0. The SMILES string of the molecule is CCCCCCCC(=O)P(C(=O)CCCCCCC)C(O)C(O)CO. The van der Waals surface area contributed by atoms with E-state index in [1.165, 1.54) is 0 Å². The Labute approximate surface area is 154 Å². The highest BCUT2D eigenvalue weighted by Gasteiger charge is 2.36. The third-order valence-corrected chi connectivity index (χ3v) is 6.72. The molecule has 0 bridgehead atoms. The normalized spacial score (nSPS) is 13.8. The lowest BCUT2D eigenvalue weighted by Crippen LogP contribution is -2.31. The molecule has 2 atom stereocenters. The van der Waals surface area contributed by atoms with Crippen molar-refractivity contribution in [2.45, 2.75) is 103 Å². The van der Waals surface area contributed by atoms with Gasteiger partial charge in [0.25, 0.3) is 0 Å². The van der Waals surface area contributed by atoms with E-state index in [1.54, 1.807) is 0 Å². The molecule has 6 heteroatoms. The summed E-state index contributed by atoms with van der Waals surface area (Å²) in [6.45, 7) is 3.60. The molecular formula is C19H37O5P. The van der Waals surface area contributed by atoms with Crippen molar-refractivity contribution in [3.8, 4) is 0 Å². The van der Waals surface area contributed by atoms with Crippen LogP contribution < -0.4 is 0 Å². The number of unbranched alkanes of at least 4 members (excludes halogenated alkanes) is 8. The Morgan fingerprint density at radius 3 is 1.52 bits per heavy atom. The molecule has 0 amide bonds. The smallest absolute Gasteiger partial charge is 0.164 e. The van der Waals surface area contributed by atoms with Gasteiger partial charge in [0.05, 0.1) is 14.5 Å². The van der Waals surface area contributed by atoms with Gasteiger partial charge in [-0.2, -0.15) is 0 Å². The average molecular weight is 376 g/mol. The van der Waals surface area contributed by atoms with E-state index in [0.717, 1.165) is 51.4 Å². The number of hydrogen-bond donors (Lipinski definition) is 3. The molecule has 0 spiro atoms. The van der Waals surface area contributed by atoms with Crippen molar-refractivity contribution in [3.05, 3.63) is 0 Å². The fourth-order valence-corrected chi connectivity index (χ4v) is 4.81. The average Bonchev–Trinajstić information content (AvgIpc) is 2.60. The highest BCUT2D eigenvalue weighted by atomic mass is 31.1. The van der Waals surface area contributed by atoms with Crippen LogP contribution in [0.2, 0.25) is 0 Å². The second kappa shape index (κ2) is 15.9. The molecule has 0 fully saturated rings. The maximum absolute atomic E-state index is 12.5. The van der Waals surface area contributed by atoms with Crippen LogP contribution in [0, 0.1) is 0 Å². The van der Waals surface area contributed by atoms with Crippen LogP contribution in [0.25, 0.3) is 0 Å². The zero-order chi connectivity index (χ0) is 19.1. The van der Waals surface area contributed by atoms with E-state index in [2.05, 4.69) is 13.8 Å². The van der Waals surface area contributed by atoms with Crippen LogP contribution in [0.1, 0.15) is 90.9 Å². The number of aliphatic hydroxyl groups is 3. The van der Waals surface area contributed by atoms with E-state index in [0.29, 0.717) is 12.8 Å². The van der Waals surface area contributed by atoms with Crippen LogP contribution in [-0.4, -0.2) is 44.9 Å². The number of carbonyl (C=O) groups excluding carboxylic acids is 2. The number of aliphatic hydroxyl groups excluding tert-OH is 3. The van der Waals surface area contributed by atoms with E-state index < -0.39 is 26.5 Å². The summed E-state index contributed by atoms with van der Waals surface area (Å²) in [6.07, 6.45) is 9.04. The third kappa shape index (κ3) is 11.1. The van der Waals surface area contributed by atoms with Gasteiger partial charge in [0, 0.05) is 12.8 Å². The number of hydrogen-bond acceptors (Lipinski definition) is 5. The predicted molar refractivity (Wildman–Crippen MR) is 103 cm³/mol. The molecule has 25 heavy (non-hydrogen) atoms. The van der Waals surface area contributed by atoms with Crippen LogP contribution >= 0.6 is 7.92 Å². The van der Waals surface area contributed by atoms with Gasteiger partial charge < -0.3 is 15.3 Å². The lowest BCUT2D eigenvalue weighted by Gasteiger charge is -2.24. The van der Waals surface area contributed by atoms with Crippen molar-refractivity contribution in [1.29, 1.82) is 0 Å². The van der Waals surface area contributed by atoms with E-state index in [-0.39, 0.29) is 23.9 Å². The summed E-state index contributed by atoms with van der Waals surface area (Å²) in [6, 6.07) is 0. The number of rotatable bonds is 17. The maximum atomic E-state index is 12.5.